The van der Waals surface area contributed by atoms with Crippen LogP contribution in [-0.4, -0.2) is 34.5 Å². The SMILES string of the molecule is CCOC(=O)C1=C(O)[C@@H]2C3CC[C@H](C3)[C@@H]2N(Cc2ccc(F)cc2)C1=O. The maximum atomic E-state index is 13.2. The number of halogens is 1. The molecule has 2 saturated carbocycles. The number of ether oxygens (including phenoxy) is 1. The average Bonchev–Trinajstić information content (AvgIpc) is 3.22. The average molecular weight is 359 g/mol. The van der Waals surface area contributed by atoms with Crippen molar-refractivity contribution in [2.75, 3.05) is 6.61 Å². The molecule has 2 aliphatic carbocycles. The Morgan fingerprint density at radius 1 is 1.27 bits per heavy atom. The van der Waals surface area contributed by atoms with Crippen LogP contribution in [0.3, 0.4) is 0 Å². The highest BCUT2D eigenvalue weighted by Crippen LogP contribution is 2.55. The molecule has 4 rings (SSSR count). The van der Waals surface area contributed by atoms with E-state index in [9.17, 15) is 19.1 Å². The first-order valence-corrected chi connectivity index (χ1v) is 9.17. The summed E-state index contributed by atoms with van der Waals surface area (Å²) in [6, 6.07) is 5.91. The minimum absolute atomic E-state index is 0.0963. The lowest BCUT2D eigenvalue weighted by Crippen LogP contribution is -2.53. The van der Waals surface area contributed by atoms with E-state index in [1.165, 1.54) is 12.1 Å². The van der Waals surface area contributed by atoms with Crippen molar-refractivity contribution >= 4 is 11.9 Å². The summed E-state index contributed by atoms with van der Waals surface area (Å²) in [5.41, 5.74) is 0.564. The van der Waals surface area contributed by atoms with E-state index < -0.39 is 11.9 Å². The van der Waals surface area contributed by atoms with E-state index in [1.807, 2.05) is 0 Å². The highest BCUT2D eigenvalue weighted by Gasteiger charge is 2.57. The second kappa shape index (κ2) is 6.41. The smallest absolute Gasteiger partial charge is 0.347 e. The fraction of sp³-hybridized carbons (Fsp3) is 0.500. The fourth-order valence-corrected chi connectivity index (χ4v) is 5.01. The predicted molar refractivity (Wildman–Crippen MR) is 91.3 cm³/mol. The van der Waals surface area contributed by atoms with Gasteiger partial charge in [0.1, 0.15) is 11.6 Å². The number of esters is 1. The van der Waals surface area contributed by atoms with Crippen LogP contribution in [0.1, 0.15) is 31.7 Å². The van der Waals surface area contributed by atoms with Gasteiger partial charge in [-0.25, -0.2) is 9.18 Å². The van der Waals surface area contributed by atoms with Crippen molar-refractivity contribution in [2.24, 2.45) is 17.8 Å². The third-order valence-corrected chi connectivity index (χ3v) is 6.02. The molecule has 26 heavy (non-hydrogen) atoms. The molecule has 2 fully saturated rings. The van der Waals surface area contributed by atoms with Gasteiger partial charge in [-0.1, -0.05) is 12.1 Å². The number of carbonyl (C=O) groups is 2. The molecule has 3 aliphatic rings. The van der Waals surface area contributed by atoms with Crippen molar-refractivity contribution in [2.45, 2.75) is 38.8 Å². The van der Waals surface area contributed by atoms with Crippen LogP contribution in [0.2, 0.25) is 0 Å². The highest BCUT2D eigenvalue weighted by atomic mass is 19.1. The molecule has 1 amide bonds. The lowest BCUT2D eigenvalue weighted by atomic mass is 9.78. The molecule has 1 unspecified atom stereocenters. The first-order valence-electron chi connectivity index (χ1n) is 9.17. The minimum atomic E-state index is -0.764. The molecule has 6 heteroatoms. The van der Waals surface area contributed by atoms with E-state index >= 15 is 0 Å². The Labute approximate surface area is 151 Å². The molecule has 1 aliphatic heterocycles. The number of benzene rings is 1. The maximum absolute atomic E-state index is 13.2. The number of nitrogens with zero attached hydrogens (tertiary/aromatic N) is 1. The van der Waals surface area contributed by atoms with Crippen LogP contribution in [-0.2, 0) is 20.9 Å². The van der Waals surface area contributed by atoms with Gasteiger partial charge in [-0.05, 0) is 55.7 Å². The van der Waals surface area contributed by atoms with Gasteiger partial charge >= 0.3 is 5.97 Å². The van der Waals surface area contributed by atoms with Crippen molar-refractivity contribution < 1.29 is 23.8 Å². The standard InChI is InChI=1S/C20H22FNO4/c1-2-26-20(25)16-18(23)15-12-5-6-13(9-12)17(15)22(19(16)24)10-11-3-7-14(21)8-4-11/h3-4,7-8,12-13,15,17,23H,2,5-6,9-10H2,1H3/t12?,13-,15-,17+/m1/s1. The van der Waals surface area contributed by atoms with Crippen molar-refractivity contribution in [3.05, 3.63) is 47.0 Å². The summed E-state index contributed by atoms with van der Waals surface area (Å²) in [7, 11) is 0. The summed E-state index contributed by atoms with van der Waals surface area (Å²) < 4.78 is 18.2. The number of rotatable bonds is 4. The molecule has 1 aromatic rings. The number of amides is 1. The molecule has 0 spiro atoms. The normalized spacial score (nSPS) is 29.9. The Hall–Kier alpha value is -2.37. The zero-order valence-electron chi connectivity index (χ0n) is 14.7. The van der Waals surface area contributed by atoms with E-state index in [0.717, 1.165) is 24.8 Å². The zero-order chi connectivity index (χ0) is 18.4. The van der Waals surface area contributed by atoms with Crippen molar-refractivity contribution in [3.63, 3.8) is 0 Å². The van der Waals surface area contributed by atoms with Crippen LogP contribution in [0, 0.1) is 23.6 Å². The lowest BCUT2D eigenvalue weighted by Gasteiger charge is -2.43. The number of fused-ring (bicyclic) bond motifs is 5. The van der Waals surface area contributed by atoms with Gasteiger partial charge in [-0.15, -0.1) is 0 Å². The van der Waals surface area contributed by atoms with Gasteiger partial charge in [0, 0.05) is 18.5 Å². The Kier molecular flexibility index (Phi) is 4.21. The van der Waals surface area contributed by atoms with Gasteiger partial charge in [-0.3, -0.25) is 4.79 Å². The largest absolute Gasteiger partial charge is 0.511 e. The molecule has 5 nitrogen and oxygen atoms in total. The number of aliphatic hydroxyl groups excluding tert-OH is 1. The van der Waals surface area contributed by atoms with E-state index in [-0.39, 0.29) is 35.7 Å². The molecule has 2 bridgehead atoms. The van der Waals surface area contributed by atoms with Crippen LogP contribution in [0.25, 0.3) is 0 Å². The van der Waals surface area contributed by atoms with Gasteiger partial charge in [-0.2, -0.15) is 0 Å². The first kappa shape index (κ1) is 17.1. The quantitative estimate of drug-likeness (QED) is 0.663. The van der Waals surface area contributed by atoms with E-state index in [2.05, 4.69) is 0 Å². The van der Waals surface area contributed by atoms with Crippen LogP contribution >= 0.6 is 0 Å². The highest BCUT2D eigenvalue weighted by molar-refractivity contribution is 6.17. The summed E-state index contributed by atoms with van der Waals surface area (Å²) in [4.78, 5) is 27.1. The Morgan fingerprint density at radius 2 is 1.96 bits per heavy atom. The van der Waals surface area contributed by atoms with Crippen LogP contribution in [0.15, 0.2) is 35.6 Å². The molecule has 4 atom stereocenters. The zero-order valence-corrected chi connectivity index (χ0v) is 14.7. The van der Waals surface area contributed by atoms with Gasteiger partial charge < -0.3 is 14.7 Å². The molecule has 1 heterocycles. The molecular weight excluding hydrogens is 337 g/mol. The molecule has 0 aromatic heterocycles. The number of aliphatic hydroxyl groups is 1. The van der Waals surface area contributed by atoms with Gasteiger partial charge in [0.25, 0.3) is 5.91 Å². The van der Waals surface area contributed by atoms with Crippen molar-refractivity contribution in [3.8, 4) is 0 Å². The molecule has 0 saturated heterocycles. The second-order valence-electron chi connectivity index (χ2n) is 7.39. The molecule has 138 valence electrons. The van der Waals surface area contributed by atoms with Crippen molar-refractivity contribution in [1.82, 2.24) is 4.90 Å². The van der Waals surface area contributed by atoms with Gasteiger partial charge in [0.15, 0.2) is 5.57 Å². The third kappa shape index (κ3) is 2.59. The maximum Gasteiger partial charge on any atom is 0.347 e. The minimum Gasteiger partial charge on any atom is -0.511 e. The molecular formula is C20H22FNO4. The lowest BCUT2D eigenvalue weighted by molar-refractivity contribution is -0.146. The molecule has 1 aromatic carbocycles. The summed E-state index contributed by atoms with van der Waals surface area (Å²) in [6.07, 6.45) is 2.99. The number of hydrogen-bond donors (Lipinski definition) is 1. The molecule has 1 N–H and O–H groups in total. The number of hydrogen-bond acceptors (Lipinski definition) is 4. The Morgan fingerprint density at radius 3 is 2.65 bits per heavy atom. The first-order chi connectivity index (χ1) is 12.5. The molecule has 0 radical (unpaired) electrons. The fourth-order valence-electron chi connectivity index (χ4n) is 5.01. The third-order valence-electron chi connectivity index (χ3n) is 6.02. The van der Waals surface area contributed by atoms with E-state index in [4.69, 9.17) is 4.74 Å². The Balaban J connectivity index is 1.72. The summed E-state index contributed by atoms with van der Waals surface area (Å²) >= 11 is 0. The van der Waals surface area contributed by atoms with Crippen LogP contribution in [0.4, 0.5) is 4.39 Å². The monoisotopic (exact) mass is 359 g/mol. The number of carbonyl (C=O) groups excluding carboxylic acids is 2. The van der Waals surface area contributed by atoms with Crippen molar-refractivity contribution in [1.29, 1.82) is 0 Å². The topological polar surface area (TPSA) is 66.8 Å². The van der Waals surface area contributed by atoms with Crippen LogP contribution < -0.4 is 0 Å². The van der Waals surface area contributed by atoms with Crippen LogP contribution in [0.5, 0.6) is 0 Å². The van der Waals surface area contributed by atoms with E-state index in [0.29, 0.717) is 18.4 Å². The Bertz CT molecular complexity index is 773. The van der Waals surface area contributed by atoms with Gasteiger partial charge in [0.05, 0.1) is 6.61 Å². The summed E-state index contributed by atoms with van der Waals surface area (Å²) in [5.74, 6) is -1.26. The van der Waals surface area contributed by atoms with E-state index in [1.54, 1.807) is 24.0 Å². The summed E-state index contributed by atoms with van der Waals surface area (Å²) in [6.45, 7) is 2.10. The van der Waals surface area contributed by atoms with Gasteiger partial charge in [0.2, 0.25) is 0 Å². The predicted octanol–water partition coefficient (Wildman–Crippen LogP) is 2.96. The summed E-state index contributed by atoms with van der Waals surface area (Å²) in [5, 5.41) is 10.7. The second-order valence-corrected chi connectivity index (χ2v) is 7.39.